The first-order valence-corrected chi connectivity index (χ1v) is 6.28. The third-order valence-corrected chi connectivity index (χ3v) is 3.28. The first-order valence-electron chi connectivity index (χ1n) is 6.28. The minimum absolute atomic E-state index is 0.135. The zero-order valence-corrected chi connectivity index (χ0v) is 10.7. The lowest BCUT2D eigenvalue weighted by atomic mass is 9.76. The first kappa shape index (κ1) is 16.9. The molecule has 106 valence electrons. The molecular formula is C12H24N2O4. The molecule has 6 nitrogen and oxygen atoms in total. The van der Waals surface area contributed by atoms with Gasteiger partial charge in [-0.2, -0.15) is 0 Å². The quantitative estimate of drug-likeness (QED) is 0.379. The van der Waals surface area contributed by atoms with Gasteiger partial charge in [-0.25, -0.2) is 0 Å². The highest BCUT2D eigenvalue weighted by Gasteiger charge is 2.34. The number of amides is 2. The van der Waals surface area contributed by atoms with Crippen LogP contribution in [0, 0.1) is 5.41 Å². The Labute approximate surface area is 107 Å². The molecule has 0 aromatic carbocycles. The summed E-state index contributed by atoms with van der Waals surface area (Å²) in [7, 11) is 0. The monoisotopic (exact) mass is 260 g/mol. The van der Waals surface area contributed by atoms with E-state index in [0.29, 0.717) is 19.3 Å². The van der Waals surface area contributed by atoms with Gasteiger partial charge in [0.25, 0.3) is 0 Å². The molecule has 0 aliphatic carbocycles. The Morgan fingerprint density at radius 2 is 1.44 bits per heavy atom. The molecule has 0 spiro atoms. The lowest BCUT2D eigenvalue weighted by Gasteiger charge is -2.29. The average molecular weight is 260 g/mol. The van der Waals surface area contributed by atoms with E-state index >= 15 is 0 Å². The molecule has 0 unspecified atom stereocenters. The Bertz CT molecular complexity index is 263. The summed E-state index contributed by atoms with van der Waals surface area (Å²) in [6, 6.07) is 0. The van der Waals surface area contributed by atoms with Gasteiger partial charge in [-0.1, -0.05) is 12.8 Å². The lowest BCUT2D eigenvalue weighted by Crippen LogP contribution is -2.39. The van der Waals surface area contributed by atoms with Gasteiger partial charge < -0.3 is 21.7 Å². The number of carbonyl (C=O) groups is 2. The summed E-state index contributed by atoms with van der Waals surface area (Å²) in [5.41, 5.74) is 9.56. The highest BCUT2D eigenvalue weighted by Crippen LogP contribution is 2.32. The average Bonchev–Trinajstić information content (AvgIpc) is 2.28. The van der Waals surface area contributed by atoms with Crippen molar-refractivity contribution in [3.63, 3.8) is 0 Å². The Morgan fingerprint density at radius 3 is 1.83 bits per heavy atom. The predicted molar refractivity (Wildman–Crippen MR) is 67.3 cm³/mol. The smallest absolute Gasteiger partial charge is 0.223 e. The van der Waals surface area contributed by atoms with Gasteiger partial charge in [0.05, 0.1) is 5.41 Å². The molecule has 0 rings (SSSR count). The molecule has 2 amide bonds. The van der Waals surface area contributed by atoms with Gasteiger partial charge in [0.2, 0.25) is 11.8 Å². The van der Waals surface area contributed by atoms with Crippen molar-refractivity contribution in [2.75, 3.05) is 13.2 Å². The van der Waals surface area contributed by atoms with Crippen molar-refractivity contribution in [1.29, 1.82) is 0 Å². The number of carbonyl (C=O) groups excluding carboxylic acids is 2. The third kappa shape index (κ3) is 5.97. The molecule has 0 heterocycles. The summed E-state index contributed by atoms with van der Waals surface area (Å²) in [6.45, 7) is -0.269. The topological polar surface area (TPSA) is 127 Å². The van der Waals surface area contributed by atoms with E-state index in [4.69, 9.17) is 21.7 Å². The minimum Gasteiger partial charge on any atom is -0.396 e. The summed E-state index contributed by atoms with van der Waals surface area (Å²) in [5, 5.41) is 18.0. The van der Waals surface area contributed by atoms with Crippen molar-refractivity contribution in [3.05, 3.63) is 0 Å². The van der Waals surface area contributed by atoms with Crippen molar-refractivity contribution >= 4 is 11.8 Å². The molecule has 0 saturated carbocycles. The van der Waals surface area contributed by atoms with Crippen molar-refractivity contribution in [3.8, 4) is 0 Å². The number of primary amides is 2. The summed E-state index contributed by atoms with van der Waals surface area (Å²) >= 11 is 0. The van der Waals surface area contributed by atoms with Crippen LogP contribution in [0.1, 0.15) is 44.9 Å². The van der Waals surface area contributed by atoms with Gasteiger partial charge in [0.1, 0.15) is 0 Å². The van der Waals surface area contributed by atoms with Gasteiger partial charge in [-0.05, 0) is 25.7 Å². The summed E-state index contributed by atoms with van der Waals surface area (Å²) in [6.07, 6.45) is 3.55. The van der Waals surface area contributed by atoms with Crippen LogP contribution in [0.15, 0.2) is 0 Å². The van der Waals surface area contributed by atoms with E-state index in [1.807, 2.05) is 0 Å². The molecule has 0 fully saturated rings. The van der Waals surface area contributed by atoms with E-state index in [1.54, 1.807) is 0 Å². The predicted octanol–water partition coefficient (Wildman–Crippen LogP) is -0.341. The van der Waals surface area contributed by atoms with E-state index in [-0.39, 0.29) is 32.0 Å². The van der Waals surface area contributed by atoms with E-state index < -0.39 is 11.3 Å². The normalized spacial score (nSPS) is 11.4. The third-order valence-electron chi connectivity index (χ3n) is 3.28. The van der Waals surface area contributed by atoms with Crippen LogP contribution in [-0.4, -0.2) is 35.2 Å². The zero-order valence-electron chi connectivity index (χ0n) is 10.7. The first-order chi connectivity index (χ1) is 8.48. The van der Waals surface area contributed by atoms with E-state index in [9.17, 15) is 9.59 Å². The van der Waals surface area contributed by atoms with Gasteiger partial charge in [-0.15, -0.1) is 0 Å². The van der Waals surface area contributed by atoms with Crippen molar-refractivity contribution in [2.24, 2.45) is 16.9 Å². The number of hydrogen-bond donors (Lipinski definition) is 4. The Balaban J connectivity index is 4.22. The van der Waals surface area contributed by atoms with Gasteiger partial charge in [0.15, 0.2) is 0 Å². The lowest BCUT2D eigenvalue weighted by molar-refractivity contribution is -0.130. The largest absolute Gasteiger partial charge is 0.396 e. The van der Waals surface area contributed by atoms with Gasteiger partial charge in [-0.3, -0.25) is 9.59 Å². The summed E-state index contributed by atoms with van der Waals surface area (Å²) in [4.78, 5) is 22.1. The Morgan fingerprint density at radius 1 is 0.889 bits per heavy atom. The second-order valence-corrected chi connectivity index (χ2v) is 4.62. The standard InChI is InChI=1S/C12H24N2O4/c13-10(17)4-2-1-3-5-12(6-8-15,7-9-16)11(14)18/h15-16H,1-9H2,(H2,13,17)(H2,14,18). The maximum Gasteiger partial charge on any atom is 0.223 e. The van der Waals surface area contributed by atoms with Crippen LogP contribution in [0.25, 0.3) is 0 Å². The molecule has 0 atom stereocenters. The number of aliphatic hydroxyl groups is 2. The van der Waals surface area contributed by atoms with E-state index in [0.717, 1.165) is 12.8 Å². The Kier molecular flexibility index (Phi) is 8.32. The SMILES string of the molecule is NC(=O)CCCCCC(CCO)(CCO)C(N)=O. The molecule has 18 heavy (non-hydrogen) atoms. The van der Waals surface area contributed by atoms with Crippen molar-refractivity contribution < 1.29 is 19.8 Å². The fourth-order valence-corrected chi connectivity index (χ4v) is 2.11. The number of unbranched alkanes of at least 4 members (excludes halogenated alkanes) is 2. The zero-order chi connectivity index (χ0) is 14.0. The van der Waals surface area contributed by atoms with Crippen LogP contribution in [0.5, 0.6) is 0 Å². The molecule has 0 radical (unpaired) electrons. The molecule has 0 aromatic heterocycles. The summed E-state index contributed by atoms with van der Waals surface area (Å²) in [5.74, 6) is -0.817. The highest BCUT2D eigenvalue weighted by molar-refractivity contribution is 5.80. The number of nitrogens with two attached hydrogens (primary N) is 2. The van der Waals surface area contributed by atoms with E-state index in [2.05, 4.69) is 0 Å². The number of hydrogen-bond acceptors (Lipinski definition) is 4. The van der Waals surface area contributed by atoms with Crippen LogP contribution in [0.3, 0.4) is 0 Å². The van der Waals surface area contributed by atoms with Crippen molar-refractivity contribution in [2.45, 2.75) is 44.9 Å². The molecular weight excluding hydrogens is 236 g/mol. The second kappa shape index (κ2) is 8.88. The minimum atomic E-state index is -0.837. The maximum atomic E-state index is 11.5. The second-order valence-electron chi connectivity index (χ2n) is 4.62. The van der Waals surface area contributed by atoms with Crippen LogP contribution >= 0.6 is 0 Å². The fraction of sp³-hybridized carbons (Fsp3) is 0.833. The Hall–Kier alpha value is -1.14. The van der Waals surface area contributed by atoms with Crippen LogP contribution in [-0.2, 0) is 9.59 Å². The molecule has 0 aliphatic heterocycles. The van der Waals surface area contributed by atoms with Crippen LogP contribution in [0.2, 0.25) is 0 Å². The molecule has 0 aliphatic rings. The van der Waals surface area contributed by atoms with E-state index in [1.165, 1.54) is 0 Å². The summed E-state index contributed by atoms with van der Waals surface area (Å²) < 4.78 is 0. The number of aliphatic hydroxyl groups excluding tert-OH is 2. The van der Waals surface area contributed by atoms with Crippen LogP contribution in [0.4, 0.5) is 0 Å². The molecule has 6 heteroatoms. The molecule has 6 N–H and O–H groups in total. The number of rotatable bonds is 11. The molecule has 0 saturated heterocycles. The fourth-order valence-electron chi connectivity index (χ4n) is 2.11. The highest BCUT2D eigenvalue weighted by atomic mass is 16.3. The molecule has 0 bridgehead atoms. The van der Waals surface area contributed by atoms with Gasteiger partial charge >= 0.3 is 0 Å². The van der Waals surface area contributed by atoms with Crippen molar-refractivity contribution in [1.82, 2.24) is 0 Å². The van der Waals surface area contributed by atoms with Gasteiger partial charge in [0, 0.05) is 19.6 Å². The van der Waals surface area contributed by atoms with Crippen LogP contribution < -0.4 is 11.5 Å². The molecule has 0 aromatic rings. The maximum absolute atomic E-state index is 11.5.